The van der Waals surface area contributed by atoms with Crippen LogP contribution in [-0.2, 0) is 0 Å². The third-order valence-corrected chi connectivity index (χ3v) is 3.02. The van der Waals surface area contributed by atoms with E-state index in [1.807, 2.05) is 30.5 Å². The number of benzene rings is 1. The second-order valence-electron chi connectivity index (χ2n) is 4.59. The van der Waals surface area contributed by atoms with E-state index in [2.05, 4.69) is 24.6 Å². The molecule has 1 nitrogen and oxygen atoms in total. The summed E-state index contributed by atoms with van der Waals surface area (Å²) in [6.45, 7) is 6.92. The highest BCUT2D eigenvalue weighted by atomic mass is 35.5. The van der Waals surface area contributed by atoms with Gasteiger partial charge in [-0.2, -0.15) is 0 Å². The maximum Gasteiger partial charge on any atom is 0.0692 e. The van der Waals surface area contributed by atoms with Crippen LogP contribution in [0.2, 0.25) is 24.7 Å². The maximum absolute atomic E-state index is 5.86. The molecule has 0 fully saturated rings. The predicted molar refractivity (Wildman–Crippen MR) is 67.3 cm³/mol. The van der Waals surface area contributed by atoms with Crippen molar-refractivity contribution in [3.63, 3.8) is 0 Å². The SMILES string of the molecule is C[Si](C)(C)CN=Cc1cccc(Cl)c1. The highest BCUT2D eigenvalue weighted by Gasteiger charge is 2.10. The summed E-state index contributed by atoms with van der Waals surface area (Å²) < 4.78 is 0. The number of hydrogen-bond donors (Lipinski definition) is 0. The van der Waals surface area contributed by atoms with Crippen LogP contribution in [0.15, 0.2) is 29.3 Å². The van der Waals surface area contributed by atoms with Crippen LogP contribution in [0, 0.1) is 0 Å². The largest absolute Gasteiger partial charge is 0.296 e. The van der Waals surface area contributed by atoms with E-state index in [1.165, 1.54) is 0 Å². The molecule has 0 N–H and O–H groups in total. The van der Waals surface area contributed by atoms with Crippen LogP contribution < -0.4 is 0 Å². The van der Waals surface area contributed by atoms with Gasteiger partial charge in [-0.1, -0.05) is 43.4 Å². The Balaban J connectivity index is 2.61. The third kappa shape index (κ3) is 4.58. The van der Waals surface area contributed by atoms with Crippen LogP contribution in [0.5, 0.6) is 0 Å². The van der Waals surface area contributed by atoms with Gasteiger partial charge in [-0.05, 0) is 17.7 Å². The van der Waals surface area contributed by atoms with Crippen molar-refractivity contribution in [3.8, 4) is 0 Å². The third-order valence-electron chi connectivity index (χ3n) is 1.65. The molecule has 0 saturated heterocycles. The van der Waals surface area contributed by atoms with Crippen LogP contribution in [0.3, 0.4) is 0 Å². The van der Waals surface area contributed by atoms with Crippen molar-refractivity contribution in [1.82, 2.24) is 0 Å². The molecule has 0 radical (unpaired) electrons. The van der Waals surface area contributed by atoms with Gasteiger partial charge in [-0.25, -0.2) is 0 Å². The summed E-state index contributed by atoms with van der Waals surface area (Å²) >= 11 is 5.86. The van der Waals surface area contributed by atoms with Gasteiger partial charge in [0, 0.05) is 17.4 Å². The summed E-state index contributed by atoms with van der Waals surface area (Å²) in [7, 11) is -1.06. The van der Waals surface area contributed by atoms with Gasteiger partial charge in [0.05, 0.1) is 8.07 Å². The van der Waals surface area contributed by atoms with E-state index in [-0.39, 0.29) is 0 Å². The molecule has 14 heavy (non-hydrogen) atoms. The van der Waals surface area contributed by atoms with Crippen LogP contribution >= 0.6 is 11.6 Å². The lowest BCUT2D eigenvalue weighted by Gasteiger charge is -2.10. The molecule has 1 rings (SSSR count). The first-order valence-electron chi connectivity index (χ1n) is 4.73. The van der Waals surface area contributed by atoms with Gasteiger partial charge in [-0.3, -0.25) is 4.99 Å². The van der Waals surface area contributed by atoms with Crippen LogP contribution in [0.1, 0.15) is 5.56 Å². The molecule has 0 unspecified atom stereocenters. The van der Waals surface area contributed by atoms with Crippen molar-refractivity contribution >= 4 is 25.9 Å². The fourth-order valence-corrected chi connectivity index (χ4v) is 1.85. The second kappa shape index (κ2) is 4.76. The Morgan fingerprint density at radius 1 is 1.36 bits per heavy atom. The minimum atomic E-state index is -1.06. The van der Waals surface area contributed by atoms with Crippen molar-refractivity contribution in [3.05, 3.63) is 34.9 Å². The van der Waals surface area contributed by atoms with Crippen LogP contribution in [-0.4, -0.2) is 20.5 Å². The molecule has 0 heterocycles. The fourth-order valence-electron chi connectivity index (χ4n) is 1.01. The molecule has 0 aliphatic rings. The molecule has 1 aromatic carbocycles. The van der Waals surface area contributed by atoms with Crippen LogP contribution in [0.25, 0.3) is 0 Å². The Bertz CT molecular complexity index is 328. The van der Waals surface area contributed by atoms with Gasteiger partial charge in [0.2, 0.25) is 0 Å². The lowest BCUT2D eigenvalue weighted by Crippen LogP contribution is -2.24. The van der Waals surface area contributed by atoms with E-state index in [0.29, 0.717) is 0 Å². The first kappa shape index (κ1) is 11.5. The lowest BCUT2D eigenvalue weighted by atomic mass is 10.2. The molecular weight excluding hydrogens is 210 g/mol. The van der Waals surface area contributed by atoms with Crippen molar-refractivity contribution in [1.29, 1.82) is 0 Å². The predicted octanol–water partition coefficient (Wildman–Crippen LogP) is 3.64. The Kier molecular flexibility index (Phi) is 3.90. The zero-order valence-electron chi connectivity index (χ0n) is 8.92. The minimum Gasteiger partial charge on any atom is -0.296 e. The summed E-state index contributed by atoms with van der Waals surface area (Å²) in [5.74, 6) is 0. The lowest BCUT2D eigenvalue weighted by molar-refractivity contribution is 1.29. The molecule has 76 valence electrons. The summed E-state index contributed by atoms with van der Waals surface area (Å²) in [6, 6.07) is 7.75. The zero-order chi connectivity index (χ0) is 10.6. The Labute approximate surface area is 91.8 Å². The van der Waals surface area contributed by atoms with Crippen molar-refractivity contribution in [2.24, 2.45) is 4.99 Å². The van der Waals surface area contributed by atoms with E-state index in [0.717, 1.165) is 16.8 Å². The summed E-state index contributed by atoms with van der Waals surface area (Å²) in [4.78, 5) is 4.43. The highest BCUT2D eigenvalue weighted by molar-refractivity contribution is 6.76. The number of aliphatic imine (C=N–C) groups is 1. The number of nitrogens with zero attached hydrogens (tertiary/aromatic N) is 1. The number of hydrogen-bond acceptors (Lipinski definition) is 1. The molecule has 0 aliphatic carbocycles. The standard InChI is InChI=1S/C11H16ClNSi/c1-14(2,3)9-13-8-10-5-4-6-11(12)7-10/h4-8H,9H2,1-3H3. The summed E-state index contributed by atoms with van der Waals surface area (Å²) in [5.41, 5.74) is 1.08. The van der Waals surface area contributed by atoms with E-state index >= 15 is 0 Å². The maximum atomic E-state index is 5.86. The minimum absolute atomic E-state index is 0.766. The first-order valence-corrected chi connectivity index (χ1v) is 8.81. The van der Waals surface area contributed by atoms with E-state index in [9.17, 15) is 0 Å². The van der Waals surface area contributed by atoms with Gasteiger partial charge < -0.3 is 0 Å². The molecular formula is C11H16ClNSi. The van der Waals surface area contributed by atoms with Crippen molar-refractivity contribution < 1.29 is 0 Å². The van der Waals surface area contributed by atoms with E-state index in [4.69, 9.17) is 11.6 Å². The molecule has 0 aromatic heterocycles. The van der Waals surface area contributed by atoms with Crippen LogP contribution in [0.4, 0.5) is 0 Å². The van der Waals surface area contributed by atoms with Gasteiger partial charge in [0.25, 0.3) is 0 Å². The van der Waals surface area contributed by atoms with Gasteiger partial charge in [0.1, 0.15) is 0 Å². The molecule has 0 amide bonds. The van der Waals surface area contributed by atoms with E-state index in [1.54, 1.807) is 0 Å². The number of halogens is 1. The first-order chi connectivity index (χ1) is 6.47. The molecule has 1 aromatic rings. The summed E-state index contributed by atoms with van der Waals surface area (Å²) in [6.07, 6.45) is 2.88. The Hall–Kier alpha value is -0.603. The molecule has 0 spiro atoms. The van der Waals surface area contributed by atoms with Gasteiger partial charge >= 0.3 is 0 Å². The molecule has 0 saturated carbocycles. The van der Waals surface area contributed by atoms with E-state index < -0.39 is 8.07 Å². The topological polar surface area (TPSA) is 12.4 Å². The smallest absolute Gasteiger partial charge is 0.0692 e. The van der Waals surface area contributed by atoms with Crippen molar-refractivity contribution in [2.45, 2.75) is 19.6 Å². The Morgan fingerprint density at radius 3 is 2.64 bits per heavy atom. The average molecular weight is 226 g/mol. The quantitative estimate of drug-likeness (QED) is 0.550. The molecule has 3 heteroatoms. The molecule has 0 aliphatic heterocycles. The van der Waals surface area contributed by atoms with Gasteiger partial charge in [0.15, 0.2) is 0 Å². The summed E-state index contributed by atoms with van der Waals surface area (Å²) in [5, 5.41) is 0.766. The second-order valence-corrected chi connectivity index (χ2v) is 10.5. The Morgan fingerprint density at radius 2 is 2.07 bits per heavy atom. The highest BCUT2D eigenvalue weighted by Crippen LogP contribution is 2.09. The van der Waals surface area contributed by atoms with Crippen molar-refractivity contribution in [2.75, 3.05) is 6.17 Å². The fraction of sp³-hybridized carbons (Fsp3) is 0.364. The van der Waals surface area contributed by atoms with Gasteiger partial charge in [-0.15, -0.1) is 0 Å². The zero-order valence-corrected chi connectivity index (χ0v) is 10.7. The number of rotatable bonds is 3. The molecule has 0 bridgehead atoms. The average Bonchev–Trinajstić information content (AvgIpc) is 2.01. The normalized spacial score (nSPS) is 12.3. The monoisotopic (exact) mass is 225 g/mol. The molecule has 0 atom stereocenters.